The van der Waals surface area contributed by atoms with Crippen molar-refractivity contribution in [3.05, 3.63) is 77.9 Å². The van der Waals surface area contributed by atoms with E-state index in [1.807, 2.05) is 60.7 Å². The van der Waals surface area contributed by atoms with Crippen LogP contribution in [0.1, 0.15) is 11.1 Å². The third-order valence-corrected chi connectivity index (χ3v) is 5.15. The van der Waals surface area contributed by atoms with E-state index in [-0.39, 0.29) is 25.0 Å². The molecule has 3 rings (SSSR count). The van der Waals surface area contributed by atoms with Crippen LogP contribution in [0.25, 0.3) is 10.8 Å². The van der Waals surface area contributed by atoms with E-state index >= 15 is 0 Å². The molecule has 3 aromatic carbocycles. The maximum Gasteiger partial charge on any atom is 0.319 e. The molecule has 31 heavy (non-hydrogen) atoms. The average molecular weight is 421 g/mol. The van der Waals surface area contributed by atoms with Gasteiger partial charge >= 0.3 is 5.97 Å². The van der Waals surface area contributed by atoms with Gasteiger partial charge in [-0.2, -0.15) is 0 Å². The Morgan fingerprint density at radius 3 is 2.23 bits per heavy atom. The number of fused-ring (bicyclic) bond motifs is 1. The average Bonchev–Trinajstić information content (AvgIpc) is 2.79. The molecule has 6 nitrogen and oxygen atoms in total. The number of amides is 1. The zero-order chi connectivity index (χ0) is 22.2. The Morgan fingerprint density at radius 2 is 1.52 bits per heavy atom. The molecule has 0 unspecified atom stereocenters. The summed E-state index contributed by atoms with van der Waals surface area (Å²) in [5.41, 5.74) is 2.07. The minimum absolute atomic E-state index is 0.0583. The summed E-state index contributed by atoms with van der Waals surface area (Å²) in [6.45, 7) is 1.17. The second kappa shape index (κ2) is 10.6. The molecule has 0 radical (unpaired) electrons. The van der Waals surface area contributed by atoms with E-state index in [4.69, 9.17) is 9.47 Å². The molecular weight excluding hydrogens is 392 g/mol. The van der Waals surface area contributed by atoms with Crippen molar-refractivity contribution in [3.8, 4) is 5.75 Å². The van der Waals surface area contributed by atoms with Gasteiger partial charge in [-0.25, -0.2) is 0 Å². The molecule has 0 aromatic heterocycles. The predicted octanol–water partition coefficient (Wildman–Crippen LogP) is 3.48. The van der Waals surface area contributed by atoms with E-state index in [0.717, 1.165) is 27.6 Å². The summed E-state index contributed by atoms with van der Waals surface area (Å²) in [5.74, 6) is 0.391. The number of likely N-dealkylation sites (N-methyl/N-ethyl adjacent to an activating group) is 1. The molecule has 0 saturated carbocycles. The first-order valence-electron chi connectivity index (χ1n) is 10.1. The van der Waals surface area contributed by atoms with Crippen LogP contribution in [-0.4, -0.2) is 56.0 Å². The molecule has 0 fully saturated rings. The molecule has 1 amide bonds. The van der Waals surface area contributed by atoms with Crippen molar-refractivity contribution in [1.82, 2.24) is 9.80 Å². The van der Waals surface area contributed by atoms with Gasteiger partial charge in [-0.05, 0) is 40.1 Å². The Morgan fingerprint density at radius 1 is 0.806 bits per heavy atom. The summed E-state index contributed by atoms with van der Waals surface area (Å²) in [4.78, 5) is 28.2. The smallest absolute Gasteiger partial charge is 0.319 e. The Labute approximate surface area is 183 Å². The van der Waals surface area contributed by atoms with Gasteiger partial charge < -0.3 is 14.4 Å². The van der Waals surface area contributed by atoms with Gasteiger partial charge in [0.05, 0.1) is 27.3 Å². The topological polar surface area (TPSA) is 59.1 Å². The summed E-state index contributed by atoms with van der Waals surface area (Å²) in [6, 6.07) is 21.8. The maximum atomic E-state index is 12.9. The highest BCUT2D eigenvalue weighted by atomic mass is 16.5. The third-order valence-electron chi connectivity index (χ3n) is 5.15. The van der Waals surface area contributed by atoms with Crippen LogP contribution in [-0.2, 0) is 27.4 Å². The van der Waals surface area contributed by atoms with E-state index in [0.29, 0.717) is 13.1 Å². The lowest BCUT2D eigenvalue weighted by Crippen LogP contribution is -2.40. The first-order valence-corrected chi connectivity index (χ1v) is 10.1. The van der Waals surface area contributed by atoms with Gasteiger partial charge in [0.15, 0.2) is 0 Å². The van der Waals surface area contributed by atoms with Gasteiger partial charge in [0, 0.05) is 20.1 Å². The molecule has 0 aliphatic carbocycles. The van der Waals surface area contributed by atoms with Crippen molar-refractivity contribution in [3.63, 3.8) is 0 Å². The first kappa shape index (κ1) is 22.3. The van der Waals surface area contributed by atoms with Crippen LogP contribution in [0, 0.1) is 0 Å². The molecule has 162 valence electrons. The van der Waals surface area contributed by atoms with E-state index in [9.17, 15) is 9.59 Å². The van der Waals surface area contributed by atoms with Gasteiger partial charge in [-0.3, -0.25) is 14.5 Å². The maximum absolute atomic E-state index is 12.9. The van der Waals surface area contributed by atoms with Crippen LogP contribution in [0.3, 0.4) is 0 Å². The normalized spacial score (nSPS) is 10.8. The SMILES string of the molecule is COC(=O)CN(CC(=O)N(C)Cc1ccc2cc(OC)ccc2c1)Cc1ccccc1. The fourth-order valence-corrected chi connectivity index (χ4v) is 3.43. The Bertz CT molecular complexity index is 1040. The van der Waals surface area contributed by atoms with Crippen molar-refractivity contribution in [2.75, 3.05) is 34.4 Å². The Balaban J connectivity index is 1.66. The number of hydrogen-bond donors (Lipinski definition) is 0. The molecule has 0 aliphatic heterocycles. The largest absolute Gasteiger partial charge is 0.497 e. The summed E-state index contributed by atoms with van der Waals surface area (Å²) in [7, 11) is 4.78. The number of esters is 1. The summed E-state index contributed by atoms with van der Waals surface area (Å²) in [5, 5.41) is 2.18. The number of rotatable bonds is 9. The molecule has 0 atom stereocenters. The fraction of sp³-hybridized carbons (Fsp3) is 0.280. The lowest BCUT2D eigenvalue weighted by molar-refractivity contribution is -0.143. The van der Waals surface area contributed by atoms with Gasteiger partial charge in [0.25, 0.3) is 0 Å². The first-order chi connectivity index (χ1) is 15.0. The highest BCUT2D eigenvalue weighted by Crippen LogP contribution is 2.22. The monoisotopic (exact) mass is 420 g/mol. The molecule has 0 aliphatic rings. The molecule has 3 aromatic rings. The second-order valence-corrected chi connectivity index (χ2v) is 7.50. The molecule has 0 bridgehead atoms. The van der Waals surface area contributed by atoms with Crippen LogP contribution in [0.15, 0.2) is 66.7 Å². The summed E-state index contributed by atoms with van der Waals surface area (Å²) < 4.78 is 10.1. The molecule has 0 N–H and O–H groups in total. The molecule has 0 saturated heterocycles. The standard InChI is InChI=1S/C25H28N2O4/c1-26(15-20-9-10-22-14-23(30-2)12-11-21(22)13-20)24(28)17-27(18-25(29)31-3)16-19-7-5-4-6-8-19/h4-14H,15-18H2,1-3H3. The number of carbonyl (C=O) groups excluding carboxylic acids is 2. The number of benzene rings is 3. The van der Waals surface area contributed by atoms with Crippen molar-refractivity contribution in [1.29, 1.82) is 0 Å². The van der Waals surface area contributed by atoms with Crippen LogP contribution in [0.4, 0.5) is 0 Å². The molecule has 6 heteroatoms. The highest BCUT2D eigenvalue weighted by molar-refractivity contribution is 5.85. The van der Waals surface area contributed by atoms with Crippen molar-refractivity contribution in [2.45, 2.75) is 13.1 Å². The van der Waals surface area contributed by atoms with Gasteiger partial charge in [0.1, 0.15) is 5.75 Å². The quantitative estimate of drug-likeness (QED) is 0.496. The predicted molar refractivity (Wildman–Crippen MR) is 121 cm³/mol. The van der Waals surface area contributed by atoms with Gasteiger partial charge in [-0.1, -0.05) is 48.5 Å². The van der Waals surface area contributed by atoms with Crippen molar-refractivity contribution >= 4 is 22.6 Å². The second-order valence-electron chi connectivity index (χ2n) is 7.50. The molecule has 0 heterocycles. The minimum Gasteiger partial charge on any atom is -0.497 e. The van der Waals surface area contributed by atoms with Crippen LogP contribution in [0.2, 0.25) is 0 Å². The van der Waals surface area contributed by atoms with E-state index < -0.39 is 0 Å². The van der Waals surface area contributed by atoms with Crippen LogP contribution >= 0.6 is 0 Å². The lowest BCUT2D eigenvalue weighted by Gasteiger charge is -2.24. The van der Waals surface area contributed by atoms with Crippen LogP contribution in [0.5, 0.6) is 5.75 Å². The molecule has 0 spiro atoms. The van der Waals surface area contributed by atoms with Crippen molar-refractivity contribution < 1.29 is 19.1 Å². The number of methoxy groups -OCH3 is 2. The third kappa shape index (κ3) is 6.30. The number of ether oxygens (including phenoxy) is 2. The van der Waals surface area contributed by atoms with Crippen molar-refractivity contribution in [2.24, 2.45) is 0 Å². The number of nitrogens with zero attached hydrogens (tertiary/aromatic N) is 2. The zero-order valence-electron chi connectivity index (χ0n) is 18.2. The fourth-order valence-electron chi connectivity index (χ4n) is 3.43. The Hall–Kier alpha value is -3.38. The Kier molecular flexibility index (Phi) is 7.62. The molecular formula is C25H28N2O4. The zero-order valence-corrected chi connectivity index (χ0v) is 18.2. The van der Waals surface area contributed by atoms with E-state index in [1.54, 1.807) is 24.0 Å². The van der Waals surface area contributed by atoms with Gasteiger partial charge in [0.2, 0.25) is 5.91 Å². The van der Waals surface area contributed by atoms with Crippen LogP contribution < -0.4 is 4.74 Å². The number of hydrogen-bond acceptors (Lipinski definition) is 5. The minimum atomic E-state index is -0.364. The van der Waals surface area contributed by atoms with Gasteiger partial charge in [-0.15, -0.1) is 0 Å². The summed E-state index contributed by atoms with van der Waals surface area (Å²) >= 11 is 0. The van der Waals surface area contributed by atoms with E-state index in [1.165, 1.54) is 7.11 Å². The summed E-state index contributed by atoms with van der Waals surface area (Å²) in [6.07, 6.45) is 0. The van der Waals surface area contributed by atoms with E-state index in [2.05, 4.69) is 6.07 Å². The lowest BCUT2D eigenvalue weighted by atomic mass is 10.1. The number of carbonyl (C=O) groups is 2. The highest BCUT2D eigenvalue weighted by Gasteiger charge is 2.18.